The summed E-state index contributed by atoms with van der Waals surface area (Å²) in [4.78, 5) is 29.8. The van der Waals surface area contributed by atoms with Crippen molar-refractivity contribution in [1.29, 1.82) is 0 Å². The van der Waals surface area contributed by atoms with Gasteiger partial charge in [0.25, 0.3) is 5.91 Å². The van der Waals surface area contributed by atoms with Crippen LogP contribution in [0.3, 0.4) is 0 Å². The normalized spacial score (nSPS) is 18.3. The number of nitrogens with one attached hydrogen (secondary N) is 2. The predicted molar refractivity (Wildman–Crippen MR) is 113 cm³/mol. The van der Waals surface area contributed by atoms with Crippen molar-refractivity contribution in [3.05, 3.63) is 42.4 Å². The fourth-order valence-electron chi connectivity index (χ4n) is 3.53. The monoisotopic (exact) mass is 466 g/mol. The quantitative estimate of drug-likeness (QED) is 0.620. The van der Waals surface area contributed by atoms with Gasteiger partial charge in [-0.05, 0) is 62.9 Å². The number of nitrogens with zero attached hydrogens (tertiary/aromatic N) is 2. The van der Waals surface area contributed by atoms with Crippen LogP contribution in [0.2, 0.25) is 0 Å². The van der Waals surface area contributed by atoms with Crippen molar-refractivity contribution in [2.75, 3.05) is 13.1 Å². The van der Waals surface area contributed by atoms with Crippen LogP contribution in [0, 0.1) is 0 Å². The average Bonchev–Trinajstić information content (AvgIpc) is 3.49. The maximum Gasteiger partial charge on any atom is 0.490 e. The molecule has 2 heterocycles. The van der Waals surface area contributed by atoms with E-state index >= 15 is 0 Å². The average molecular weight is 466 g/mol. The van der Waals surface area contributed by atoms with Crippen LogP contribution >= 0.6 is 0 Å². The smallest absolute Gasteiger partial charge is 0.490 e. The lowest BCUT2D eigenvalue weighted by atomic mass is 10.1. The molecule has 3 N–H and O–H groups in total. The third-order valence-electron chi connectivity index (χ3n) is 5.28. The number of carbonyl (C=O) groups is 2. The molecule has 1 saturated carbocycles. The number of carbonyl (C=O) groups excluding carboxylic acids is 1. The van der Waals surface area contributed by atoms with Crippen LogP contribution in [-0.4, -0.2) is 58.4 Å². The molecule has 1 aromatic carbocycles. The van der Waals surface area contributed by atoms with Crippen molar-refractivity contribution >= 4 is 11.9 Å². The third kappa shape index (κ3) is 7.41. The van der Waals surface area contributed by atoms with Gasteiger partial charge in [0.2, 0.25) is 0 Å². The maximum absolute atomic E-state index is 12.2. The molecule has 2 fully saturated rings. The highest BCUT2D eigenvalue weighted by Crippen LogP contribution is 2.26. The summed E-state index contributed by atoms with van der Waals surface area (Å²) >= 11 is 0. The molecule has 1 aliphatic carbocycles. The summed E-state index contributed by atoms with van der Waals surface area (Å²) in [5.41, 5.74) is 2.06. The summed E-state index contributed by atoms with van der Waals surface area (Å²) in [5.74, 6) is -2.03. The second kappa shape index (κ2) is 11.1. The molecule has 1 unspecified atom stereocenters. The number of hydrogen-bond donors (Lipinski definition) is 3. The molecule has 2 aliphatic rings. The number of aromatic nitrogens is 2. The Morgan fingerprint density at radius 1 is 1.06 bits per heavy atom. The number of carboxylic acids is 1. The van der Waals surface area contributed by atoms with Crippen LogP contribution in [0.4, 0.5) is 13.2 Å². The molecule has 178 valence electrons. The first kappa shape index (κ1) is 24.4. The fourth-order valence-corrected chi connectivity index (χ4v) is 3.53. The number of rotatable bonds is 5. The molecule has 1 atom stereocenters. The topological polar surface area (TPSA) is 113 Å². The molecular weight excluding hydrogens is 441 g/mol. The standard InChI is InChI=1S/C20H24N4O2.C2HF3O2/c25-20(24-15-9-10-21-11-15)19-13-22-18(12-23-19)14-5-7-17(8-6-14)26-16-3-1-2-4-16;3-2(4,5)1(6)7/h5-8,12-13,15-16,21H,1-4,9-11H2,(H,24,25);(H,6,7). The van der Waals surface area contributed by atoms with Crippen LogP contribution in [0.5, 0.6) is 5.75 Å². The molecule has 4 rings (SSSR count). The Morgan fingerprint density at radius 2 is 1.73 bits per heavy atom. The van der Waals surface area contributed by atoms with Crippen LogP contribution in [0.1, 0.15) is 42.6 Å². The van der Waals surface area contributed by atoms with Crippen molar-refractivity contribution in [3.8, 4) is 17.0 Å². The molecule has 0 radical (unpaired) electrons. The SMILES string of the molecule is O=C(NC1CCNC1)c1cnc(-c2ccc(OC3CCCC3)cc2)cn1.O=C(O)C(F)(F)F. The zero-order valence-electron chi connectivity index (χ0n) is 17.8. The number of aliphatic carboxylic acids is 1. The molecule has 1 aliphatic heterocycles. The number of alkyl halides is 3. The van der Waals surface area contributed by atoms with E-state index in [0.717, 1.165) is 49.4 Å². The van der Waals surface area contributed by atoms with Crippen LogP contribution in [0.15, 0.2) is 36.7 Å². The molecule has 33 heavy (non-hydrogen) atoms. The van der Waals surface area contributed by atoms with Gasteiger partial charge in [-0.1, -0.05) is 0 Å². The lowest BCUT2D eigenvalue weighted by Gasteiger charge is -2.13. The zero-order chi connectivity index (χ0) is 23.8. The van der Waals surface area contributed by atoms with Crippen LogP contribution in [0.25, 0.3) is 11.3 Å². The number of benzene rings is 1. The molecular formula is C22H25F3N4O4. The van der Waals surface area contributed by atoms with Crippen molar-refractivity contribution in [2.24, 2.45) is 0 Å². The number of ether oxygens (including phenoxy) is 1. The van der Waals surface area contributed by atoms with E-state index in [4.69, 9.17) is 14.6 Å². The third-order valence-corrected chi connectivity index (χ3v) is 5.28. The zero-order valence-corrected chi connectivity index (χ0v) is 17.8. The first-order valence-electron chi connectivity index (χ1n) is 10.6. The predicted octanol–water partition coefficient (Wildman–Crippen LogP) is 3.19. The van der Waals surface area contributed by atoms with Gasteiger partial charge in [-0.25, -0.2) is 9.78 Å². The van der Waals surface area contributed by atoms with Gasteiger partial charge in [0.15, 0.2) is 0 Å². The van der Waals surface area contributed by atoms with Gasteiger partial charge >= 0.3 is 12.1 Å². The molecule has 1 saturated heterocycles. The summed E-state index contributed by atoms with van der Waals surface area (Å²) in [6, 6.07) is 8.10. The van der Waals surface area contributed by atoms with Crippen LogP contribution < -0.4 is 15.4 Å². The summed E-state index contributed by atoms with van der Waals surface area (Å²) in [6.45, 7) is 1.75. The first-order valence-corrected chi connectivity index (χ1v) is 10.6. The van der Waals surface area contributed by atoms with E-state index in [0.29, 0.717) is 11.8 Å². The molecule has 0 bridgehead atoms. The Kier molecular flexibility index (Phi) is 8.21. The summed E-state index contributed by atoms with van der Waals surface area (Å²) in [7, 11) is 0. The van der Waals surface area contributed by atoms with Gasteiger partial charge in [0, 0.05) is 18.2 Å². The Labute approximate surface area is 188 Å². The van der Waals surface area contributed by atoms with Crippen molar-refractivity contribution in [2.45, 2.75) is 50.4 Å². The second-order valence-corrected chi connectivity index (χ2v) is 7.80. The number of carboxylic acid groups (broad SMARTS) is 1. The Hall–Kier alpha value is -3.21. The lowest BCUT2D eigenvalue weighted by Crippen LogP contribution is -2.36. The second-order valence-electron chi connectivity index (χ2n) is 7.80. The van der Waals surface area contributed by atoms with E-state index in [-0.39, 0.29) is 11.9 Å². The van der Waals surface area contributed by atoms with E-state index in [1.54, 1.807) is 6.20 Å². The van der Waals surface area contributed by atoms with E-state index in [1.807, 2.05) is 24.3 Å². The number of hydrogen-bond acceptors (Lipinski definition) is 6. The Morgan fingerprint density at radius 3 is 2.24 bits per heavy atom. The Balaban J connectivity index is 0.000000383. The largest absolute Gasteiger partial charge is 0.490 e. The molecule has 1 amide bonds. The van der Waals surface area contributed by atoms with Crippen molar-refractivity contribution in [1.82, 2.24) is 20.6 Å². The van der Waals surface area contributed by atoms with E-state index in [1.165, 1.54) is 19.0 Å². The molecule has 2 aromatic rings. The van der Waals surface area contributed by atoms with E-state index in [2.05, 4.69) is 20.6 Å². The van der Waals surface area contributed by atoms with Gasteiger partial charge in [-0.2, -0.15) is 13.2 Å². The van der Waals surface area contributed by atoms with E-state index < -0.39 is 12.1 Å². The Bertz CT molecular complexity index is 924. The number of halogens is 3. The maximum atomic E-state index is 12.2. The molecule has 1 aromatic heterocycles. The molecule has 0 spiro atoms. The minimum Gasteiger partial charge on any atom is -0.490 e. The highest BCUT2D eigenvalue weighted by atomic mass is 19.4. The van der Waals surface area contributed by atoms with E-state index in [9.17, 15) is 18.0 Å². The fraction of sp³-hybridized carbons (Fsp3) is 0.455. The number of amides is 1. The first-order chi connectivity index (χ1) is 15.7. The highest BCUT2D eigenvalue weighted by Gasteiger charge is 2.38. The van der Waals surface area contributed by atoms with Crippen molar-refractivity contribution in [3.63, 3.8) is 0 Å². The molecule has 11 heteroatoms. The minimum atomic E-state index is -5.08. The highest BCUT2D eigenvalue weighted by molar-refractivity contribution is 5.92. The van der Waals surface area contributed by atoms with Crippen LogP contribution in [-0.2, 0) is 4.79 Å². The van der Waals surface area contributed by atoms with Gasteiger partial charge in [0.05, 0.1) is 24.2 Å². The summed E-state index contributed by atoms with van der Waals surface area (Å²) in [5, 5.41) is 13.3. The van der Waals surface area contributed by atoms with Gasteiger partial charge in [-0.3, -0.25) is 9.78 Å². The minimum absolute atomic E-state index is 0.168. The summed E-state index contributed by atoms with van der Waals surface area (Å²) in [6.07, 6.45) is 4.22. The van der Waals surface area contributed by atoms with Gasteiger partial charge in [0.1, 0.15) is 11.4 Å². The van der Waals surface area contributed by atoms with Gasteiger partial charge < -0.3 is 20.5 Å². The van der Waals surface area contributed by atoms with Crippen molar-refractivity contribution < 1.29 is 32.6 Å². The lowest BCUT2D eigenvalue weighted by molar-refractivity contribution is -0.192. The summed E-state index contributed by atoms with van der Waals surface area (Å²) < 4.78 is 37.7. The molecule has 8 nitrogen and oxygen atoms in total. The van der Waals surface area contributed by atoms with Gasteiger partial charge in [-0.15, -0.1) is 0 Å².